The van der Waals surface area contributed by atoms with Crippen LogP contribution in [0.1, 0.15) is 12.5 Å². The molecular formula is C19H18N4O5. The fourth-order valence-electron chi connectivity index (χ4n) is 2.86. The Morgan fingerprint density at radius 3 is 2.75 bits per heavy atom. The first kappa shape index (κ1) is 19.0. The van der Waals surface area contributed by atoms with E-state index < -0.39 is 17.4 Å². The third-order valence-corrected chi connectivity index (χ3v) is 4.16. The number of hydrogen-bond acceptors (Lipinski definition) is 6. The van der Waals surface area contributed by atoms with Crippen LogP contribution in [0.3, 0.4) is 0 Å². The number of nitro benzene ring substituents is 1. The van der Waals surface area contributed by atoms with Gasteiger partial charge in [0, 0.05) is 18.0 Å². The van der Waals surface area contributed by atoms with E-state index in [4.69, 9.17) is 4.74 Å². The van der Waals surface area contributed by atoms with Crippen LogP contribution in [0.15, 0.2) is 52.7 Å². The second-order valence-electron chi connectivity index (χ2n) is 6.04. The molecule has 1 amide bonds. The molecule has 144 valence electrons. The molecule has 0 radical (unpaired) electrons. The van der Waals surface area contributed by atoms with Crippen molar-refractivity contribution in [3.05, 3.63) is 58.1 Å². The number of aromatic nitrogens is 1. The number of carbonyl (C=O) groups is 1. The van der Waals surface area contributed by atoms with Gasteiger partial charge in [-0.15, -0.1) is 10.2 Å². The van der Waals surface area contributed by atoms with Crippen molar-refractivity contribution in [1.29, 1.82) is 0 Å². The van der Waals surface area contributed by atoms with Gasteiger partial charge in [0.1, 0.15) is 0 Å². The van der Waals surface area contributed by atoms with Crippen molar-refractivity contribution in [3.8, 4) is 11.6 Å². The van der Waals surface area contributed by atoms with E-state index >= 15 is 0 Å². The molecule has 28 heavy (non-hydrogen) atoms. The molecule has 0 aliphatic carbocycles. The van der Waals surface area contributed by atoms with Gasteiger partial charge in [0.05, 0.1) is 10.4 Å². The van der Waals surface area contributed by atoms with Gasteiger partial charge >= 0.3 is 11.6 Å². The van der Waals surface area contributed by atoms with Crippen LogP contribution in [0.5, 0.6) is 11.6 Å². The Kier molecular flexibility index (Phi) is 5.35. The number of carbonyl (C=O) groups excluding carboxylic acids is 1. The second-order valence-corrected chi connectivity index (χ2v) is 6.04. The van der Waals surface area contributed by atoms with E-state index in [0.29, 0.717) is 17.5 Å². The zero-order valence-corrected chi connectivity index (χ0v) is 15.3. The van der Waals surface area contributed by atoms with E-state index in [1.54, 1.807) is 29.7 Å². The highest BCUT2D eigenvalue weighted by Crippen LogP contribution is 2.38. The topological polar surface area (TPSA) is 119 Å². The first-order valence-corrected chi connectivity index (χ1v) is 8.55. The van der Waals surface area contributed by atoms with Gasteiger partial charge in [0.15, 0.2) is 18.0 Å². The van der Waals surface area contributed by atoms with Gasteiger partial charge in [-0.05, 0) is 31.5 Å². The summed E-state index contributed by atoms with van der Waals surface area (Å²) in [5.74, 6) is -0.845. The van der Waals surface area contributed by atoms with Crippen LogP contribution in [0.2, 0.25) is 0 Å². The monoisotopic (exact) mass is 382 g/mol. The van der Waals surface area contributed by atoms with E-state index in [9.17, 15) is 20.0 Å². The number of aromatic hydroxyl groups is 1. The van der Waals surface area contributed by atoms with Gasteiger partial charge in [-0.2, -0.15) is 0 Å². The largest absolute Gasteiger partial charge is 0.493 e. The van der Waals surface area contributed by atoms with Gasteiger partial charge < -0.3 is 14.4 Å². The zero-order valence-electron chi connectivity index (χ0n) is 15.3. The molecule has 0 saturated heterocycles. The zero-order chi connectivity index (χ0) is 20.3. The molecule has 9 nitrogen and oxygen atoms in total. The van der Waals surface area contributed by atoms with Crippen molar-refractivity contribution in [2.45, 2.75) is 20.4 Å². The lowest BCUT2D eigenvalue weighted by Gasteiger charge is -2.04. The number of nitro groups is 1. The van der Waals surface area contributed by atoms with E-state index in [0.717, 1.165) is 5.52 Å². The standard InChI is InChI=1S/C19H18N4O5/c1-3-22-14-7-5-4-6-13(14)18(19(22)25)21-20-17(24)11-28-16-9-8-12(2)10-15(16)23(26)27/h4-10,25H,3,11H2,1-2H3. The second kappa shape index (κ2) is 7.87. The van der Waals surface area contributed by atoms with E-state index in [1.165, 1.54) is 12.1 Å². The Bertz CT molecular complexity index is 1090. The molecule has 0 aliphatic heterocycles. The fourth-order valence-corrected chi connectivity index (χ4v) is 2.86. The summed E-state index contributed by atoms with van der Waals surface area (Å²) in [6, 6.07) is 11.7. The lowest BCUT2D eigenvalue weighted by Crippen LogP contribution is -2.09. The summed E-state index contributed by atoms with van der Waals surface area (Å²) in [6.07, 6.45) is 0. The first-order chi connectivity index (χ1) is 13.4. The number of amides is 1. The smallest absolute Gasteiger partial charge is 0.311 e. The first-order valence-electron chi connectivity index (χ1n) is 8.55. The molecule has 3 rings (SSSR count). The molecule has 0 saturated carbocycles. The molecule has 1 heterocycles. The third-order valence-electron chi connectivity index (χ3n) is 4.16. The third kappa shape index (κ3) is 3.68. The minimum atomic E-state index is -0.734. The minimum Gasteiger partial charge on any atom is -0.493 e. The van der Waals surface area contributed by atoms with Crippen molar-refractivity contribution < 1.29 is 19.6 Å². The summed E-state index contributed by atoms with van der Waals surface area (Å²) in [5.41, 5.74) is 1.43. The number of ether oxygens (including phenoxy) is 1. The predicted octanol–water partition coefficient (Wildman–Crippen LogP) is 4.27. The summed E-state index contributed by atoms with van der Waals surface area (Å²) < 4.78 is 6.89. The number of benzene rings is 2. The van der Waals surface area contributed by atoms with Crippen LogP contribution in [0, 0.1) is 17.0 Å². The molecule has 0 spiro atoms. The Balaban J connectivity index is 1.78. The Hall–Kier alpha value is -3.75. The van der Waals surface area contributed by atoms with Gasteiger partial charge in [-0.25, -0.2) is 0 Å². The summed E-state index contributed by atoms with van der Waals surface area (Å²) in [7, 11) is 0. The van der Waals surface area contributed by atoms with Gasteiger partial charge in [-0.3, -0.25) is 14.9 Å². The molecule has 1 N–H and O–H groups in total. The van der Waals surface area contributed by atoms with Crippen LogP contribution < -0.4 is 4.74 Å². The molecular weight excluding hydrogens is 364 g/mol. The normalized spacial score (nSPS) is 11.2. The number of nitrogens with zero attached hydrogens (tertiary/aromatic N) is 4. The van der Waals surface area contributed by atoms with Gasteiger partial charge in [0.25, 0.3) is 0 Å². The SMILES string of the molecule is CCn1c(O)c(N=NC(=O)COc2ccc(C)cc2[N+](=O)[O-])c2ccccc21. The number of rotatable bonds is 6. The molecule has 0 unspecified atom stereocenters. The number of fused-ring (bicyclic) bond motifs is 1. The number of para-hydroxylation sites is 1. The number of hydrogen-bond donors (Lipinski definition) is 1. The molecule has 2 aromatic carbocycles. The maximum absolute atomic E-state index is 12.0. The summed E-state index contributed by atoms with van der Waals surface area (Å²) >= 11 is 0. The lowest BCUT2D eigenvalue weighted by molar-refractivity contribution is -0.385. The van der Waals surface area contributed by atoms with Crippen molar-refractivity contribution in [3.63, 3.8) is 0 Å². The molecule has 0 atom stereocenters. The van der Waals surface area contributed by atoms with Crippen molar-refractivity contribution in [2.24, 2.45) is 10.2 Å². The highest BCUT2D eigenvalue weighted by atomic mass is 16.6. The molecule has 0 fully saturated rings. The molecule has 1 aromatic heterocycles. The minimum absolute atomic E-state index is 0.0235. The molecule has 9 heteroatoms. The van der Waals surface area contributed by atoms with Crippen LogP contribution in [-0.2, 0) is 11.3 Å². The van der Waals surface area contributed by atoms with Crippen molar-refractivity contribution in [2.75, 3.05) is 6.61 Å². The number of azo groups is 1. The summed E-state index contributed by atoms with van der Waals surface area (Å²) in [5, 5.41) is 29.6. The Morgan fingerprint density at radius 1 is 1.29 bits per heavy atom. The van der Waals surface area contributed by atoms with Gasteiger partial charge in [0.2, 0.25) is 5.88 Å². The van der Waals surface area contributed by atoms with E-state index in [2.05, 4.69) is 10.2 Å². The molecule has 0 aliphatic rings. The van der Waals surface area contributed by atoms with Crippen LogP contribution in [0.25, 0.3) is 10.9 Å². The maximum Gasteiger partial charge on any atom is 0.311 e. The molecule has 0 bridgehead atoms. The highest BCUT2D eigenvalue weighted by Gasteiger charge is 2.17. The fraction of sp³-hybridized carbons (Fsp3) is 0.211. The van der Waals surface area contributed by atoms with Crippen LogP contribution >= 0.6 is 0 Å². The quantitative estimate of drug-likeness (QED) is 0.388. The van der Waals surface area contributed by atoms with E-state index in [-0.39, 0.29) is 23.0 Å². The van der Waals surface area contributed by atoms with Gasteiger partial charge in [-0.1, -0.05) is 24.3 Å². The Morgan fingerprint density at radius 2 is 2.04 bits per heavy atom. The van der Waals surface area contributed by atoms with Crippen molar-refractivity contribution >= 4 is 28.2 Å². The van der Waals surface area contributed by atoms with Crippen LogP contribution in [0.4, 0.5) is 11.4 Å². The lowest BCUT2D eigenvalue weighted by atomic mass is 10.2. The van der Waals surface area contributed by atoms with E-state index in [1.807, 2.05) is 19.1 Å². The Labute approximate surface area is 160 Å². The number of aryl methyl sites for hydroxylation is 2. The maximum atomic E-state index is 12.0. The summed E-state index contributed by atoms with van der Waals surface area (Å²) in [6.45, 7) is 3.60. The molecule has 3 aromatic rings. The predicted molar refractivity (Wildman–Crippen MR) is 102 cm³/mol. The average molecular weight is 382 g/mol. The van der Waals surface area contributed by atoms with Crippen LogP contribution in [-0.4, -0.2) is 27.1 Å². The average Bonchev–Trinajstić information content (AvgIpc) is 2.95. The highest BCUT2D eigenvalue weighted by molar-refractivity contribution is 5.95. The summed E-state index contributed by atoms with van der Waals surface area (Å²) in [4.78, 5) is 22.5. The van der Waals surface area contributed by atoms with Crippen molar-refractivity contribution in [1.82, 2.24) is 4.57 Å².